The van der Waals surface area contributed by atoms with Crippen molar-refractivity contribution in [2.75, 3.05) is 5.33 Å². The Bertz CT molecular complexity index is 312. The molecule has 1 rings (SSSR count). The van der Waals surface area contributed by atoms with E-state index in [0.29, 0.717) is 11.5 Å². The molecule has 0 spiro atoms. The van der Waals surface area contributed by atoms with Gasteiger partial charge in [0.1, 0.15) is 5.76 Å². The summed E-state index contributed by atoms with van der Waals surface area (Å²) in [6.07, 6.45) is 0.891. The van der Waals surface area contributed by atoms with E-state index in [-0.39, 0.29) is 11.9 Å². The summed E-state index contributed by atoms with van der Waals surface area (Å²) in [6.45, 7) is 3.71. The van der Waals surface area contributed by atoms with Crippen molar-refractivity contribution in [3.8, 4) is 0 Å². The van der Waals surface area contributed by atoms with Gasteiger partial charge in [-0.25, -0.2) is 0 Å². The van der Waals surface area contributed by atoms with Gasteiger partial charge in [-0.3, -0.25) is 4.79 Å². The number of nitrogens with zero attached hydrogens (tertiary/aromatic N) is 1. The maximum Gasteiger partial charge on any atom is 0.273 e. The molecule has 0 aliphatic heterocycles. The number of aryl methyl sites for hydroxylation is 1. The highest BCUT2D eigenvalue weighted by atomic mass is 79.9. The number of halogens is 1. The molecule has 4 nitrogen and oxygen atoms in total. The normalized spacial score (nSPS) is 12.5. The monoisotopic (exact) mass is 260 g/mol. The van der Waals surface area contributed by atoms with Gasteiger partial charge >= 0.3 is 0 Å². The lowest BCUT2D eigenvalue weighted by atomic mass is 10.2. The number of hydrogen-bond donors (Lipinski definition) is 1. The number of nitrogens with one attached hydrogen (secondary N) is 1. The van der Waals surface area contributed by atoms with Gasteiger partial charge in [0.25, 0.3) is 5.91 Å². The predicted molar refractivity (Wildman–Crippen MR) is 56.6 cm³/mol. The molecule has 0 aliphatic carbocycles. The molecule has 78 valence electrons. The second-order valence-corrected chi connectivity index (χ2v) is 3.97. The molecule has 1 amide bonds. The van der Waals surface area contributed by atoms with E-state index in [4.69, 9.17) is 4.52 Å². The summed E-state index contributed by atoms with van der Waals surface area (Å²) in [6, 6.07) is 1.76. The molecule has 0 aliphatic rings. The van der Waals surface area contributed by atoms with Crippen LogP contribution >= 0.6 is 15.9 Å². The first-order chi connectivity index (χ1) is 6.63. The van der Waals surface area contributed by atoms with E-state index in [1.165, 1.54) is 0 Å². The first-order valence-corrected chi connectivity index (χ1v) is 5.55. The van der Waals surface area contributed by atoms with Crippen LogP contribution in [0.4, 0.5) is 0 Å². The van der Waals surface area contributed by atoms with Crippen LogP contribution in [-0.2, 0) is 0 Å². The number of hydrogen-bond acceptors (Lipinski definition) is 3. The molecule has 5 heteroatoms. The Morgan fingerprint density at radius 1 is 1.79 bits per heavy atom. The van der Waals surface area contributed by atoms with Gasteiger partial charge in [0.05, 0.1) is 0 Å². The van der Waals surface area contributed by atoms with Gasteiger partial charge in [-0.05, 0) is 20.3 Å². The smallest absolute Gasteiger partial charge is 0.273 e. The molecule has 14 heavy (non-hydrogen) atoms. The van der Waals surface area contributed by atoms with Crippen molar-refractivity contribution >= 4 is 21.8 Å². The SMILES string of the molecule is Cc1cc(C(=O)NC(C)CCBr)no1. The largest absolute Gasteiger partial charge is 0.361 e. The summed E-state index contributed by atoms with van der Waals surface area (Å²) in [5, 5.41) is 7.32. The number of carbonyl (C=O) groups is 1. The Morgan fingerprint density at radius 3 is 3.00 bits per heavy atom. The molecular formula is C9H13BrN2O2. The third-order valence-corrected chi connectivity index (χ3v) is 2.24. The van der Waals surface area contributed by atoms with Crippen LogP contribution < -0.4 is 5.32 Å². The summed E-state index contributed by atoms with van der Waals surface area (Å²) < 4.78 is 4.81. The van der Waals surface area contributed by atoms with Crippen LogP contribution in [0.3, 0.4) is 0 Å². The van der Waals surface area contributed by atoms with Crippen LogP contribution in [0.15, 0.2) is 10.6 Å². The Hall–Kier alpha value is -0.840. The van der Waals surface area contributed by atoms with E-state index < -0.39 is 0 Å². The van der Waals surface area contributed by atoms with Crippen LogP contribution in [0.25, 0.3) is 0 Å². The first kappa shape index (κ1) is 11.2. The lowest BCUT2D eigenvalue weighted by Crippen LogP contribution is -2.32. The van der Waals surface area contributed by atoms with Crippen molar-refractivity contribution < 1.29 is 9.32 Å². The zero-order valence-electron chi connectivity index (χ0n) is 8.21. The highest BCUT2D eigenvalue weighted by molar-refractivity contribution is 9.09. The van der Waals surface area contributed by atoms with E-state index in [1.807, 2.05) is 6.92 Å². The van der Waals surface area contributed by atoms with Gasteiger partial charge in [-0.1, -0.05) is 21.1 Å². The molecule has 0 saturated heterocycles. The quantitative estimate of drug-likeness (QED) is 0.842. The van der Waals surface area contributed by atoms with E-state index in [2.05, 4.69) is 26.4 Å². The molecule has 1 heterocycles. The Morgan fingerprint density at radius 2 is 2.50 bits per heavy atom. The predicted octanol–water partition coefficient (Wildman–Crippen LogP) is 1.89. The standard InChI is InChI=1S/C9H13BrN2O2/c1-6(3-4-10)11-9(13)8-5-7(2)14-12-8/h5-6H,3-4H2,1-2H3,(H,11,13). The zero-order valence-corrected chi connectivity index (χ0v) is 9.80. The molecule has 0 saturated carbocycles. The zero-order chi connectivity index (χ0) is 10.6. The fraction of sp³-hybridized carbons (Fsp3) is 0.556. The van der Waals surface area contributed by atoms with Gasteiger partial charge in [0, 0.05) is 17.4 Å². The van der Waals surface area contributed by atoms with Crippen LogP contribution in [0, 0.1) is 6.92 Å². The van der Waals surface area contributed by atoms with E-state index in [1.54, 1.807) is 13.0 Å². The minimum atomic E-state index is -0.185. The minimum absolute atomic E-state index is 0.138. The summed E-state index contributed by atoms with van der Waals surface area (Å²) >= 11 is 3.31. The summed E-state index contributed by atoms with van der Waals surface area (Å²) in [5.41, 5.74) is 0.337. The average Bonchev–Trinajstić information content (AvgIpc) is 2.52. The molecule has 1 atom stereocenters. The number of rotatable bonds is 4. The lowest BCUT2D eigenvalue weighted by molar-refractivity contribution is 0.0930. The second kappa shape index (κ2) is 5.14. The van der Waals surface area contributed by atoms with Crippen LogP contribution in [-0.4, -0.2) is 22.4 Å². The van der Waals surface area contributed by atoms with E-state index >= 15 is 0 Å². The fourth-order valence-corrected chi connectivity index (χ4v) is 1.69. The Labute approximate surface area is 91.2 Å². The molecule has 0 aromatic carbocycles. The van der Waals surface area contributed by atoms with Gasteiger partial charge in [0.2, 0.25) is 0 Å². The summed E-state index contributed by atoms with van der Waals surface area (Å²) in [7, 11) is 0. The highest BCUT2D eigenvalue weighted by Gasteiger charge is 2.12. The maximum absolute atomic E-state index is 11.5. The van der Waals surface area contributed by atoms with Gasteiger partial charge in [0.15, 0.2) is 5.69 Å². The lowest BCUT2D eigenvalue weighted by Gasteiger charge is -2.10. The van der Waals surface area contributed by atoms with Crippen molar-refractivity contribution in [2.24, 2.45) is 0 Å². The van der Waals surface area contributed by atoms with Gasteiger partial charge in [-0.2, -0.15) is 0 Å². The first-order valence-electron chi connectivity index (χ1n) is 4.43. The fourth-order valence-electron chi connectivity index (χ4n) is 1.01. The van der Waals surface area contributed by atoms with Gasteiger partial charge < -0.3 is 9.84 Å². The average molecular weight is 261 g/mol. The number of carbonyl (C=O) groups excluding carboxylic acids is 1. The maximum atomic E-state index is 11.5. The van der Waals surface area contributed by atoms with Crippen molar-refractivity contribution in [1.82, 2.24) is 10.5 Å². The third-order valence-electron chi connectivity index (χ3n) is 1.78. The highest BCUT2D eigenvalue weighted by Crippen LogP contribution is 2.02. The molecule has 0 bridgehead atoms. The van der Waals surface area contributed by atoms with Crippen LogP contribution in [0.2, 0.25) is 0 Å². The summed E-state index contributed by atoms with van der Waals surface area (Å²) in [4.78, 5) is 11.5. The molecule has 0 radical (unpaired) electrons. The van der Waals surface area contributed by atoms with E-state index in [9.17, 15) is 4.79 Å². The van der Waals surface area contributed by atoms with Crippen molar-refractivity contribution in [1.29, 1.82) is 0 Å². The molecular weight excluding hydrogens is 248 g/mol. The molecule has 0 fully saturated rings. The molecule has 1 unspecified atom stereocenters. The van der Waals surface area contributed by atoms with Crippen molar-refractivity contribution in [3.63, 3.8) is 0 Å². The molecule has 1 N–H and O–H groups in total. The molecule has 1 aromatic rings. The van der Waals surface area contributed by atoms with Crippen molar-refractivity contribution in [2.45, 2.75) is 26.3 Å². The Kier molecular flexibility index (Phi) is 4.13. The van der Waals surface area contributed by atoms with Crippen LogP contribution in [0.5, 0.6) is 0 Å². The minimum Gasteiger partial charge on any atom is -0.361 e. The summed E-state index contributed by atoms with van der Waals surface area (Å²) in [5.74, 6) is 0.457. The Balaban J connectivity index is 2.50. The van der Waals surface area contributed by atoms with Crippen LogP contribution in [0.1, 0.15) is 29.6 Å². The van der Waals surface area contributed by atoms with Crippen molar-refractivity contribution in [3.05, 3.63) is 17.5 Å². The van der Waals surface area contributed by atoms with E-state index in [0.717, 1.165) is 11.8 Å². The number of amides is 1. The molecule has 1 aromatic heterocycles. The third kappa shape index (κ3) is 3.14. The number of alkyl halides is 1. The van der Waals surface area contributed by atoms with Gasteiger partial charge in [-0.15, -0.1) is 0 Å². The second-order valence-electron chi connectivity index (χ2n) is 3.17. The number of aromatic nitrogens is 1. The topological polar surface area (TPSA) is 55.1 Å².